The quantitative estimate of drug-likeness (QED) is 0.0880. The van der Waals surface area contributed by atoms with Crippen molar-refractivity contribution < 1.29 is 28.9 Å². The molecule has 242 valence electrons. The Hall–Kier alpha value is -3.01. The molecule has 1 aromatic carbocycles. The van der Waals surface area contributed by atoms with Gasteiger partial charge in [0.25, 0.3) is 0 Å². The summed E-state index contributed by atoms with van der Waals surface area (Å²) in [6.45, 7) is 16.8. The van der Waals surface area contributed by atoms with Crippen LogP contribution in [0.1, 0.15) is 71.8 Å². The molecular formula is C34H57BN2O6. The Labute approximate surface area is 261 Å². The third-order valence-electron chi connectivity index (χ3n) is 6.59. The number of hydrogen-bond donors (Lipinski definition) is 3. The molecule has 43 heavy (non-hydrogen) atoms. The molecule has 0 saturated carbocycles. The number of benzene rings is 1. The fourth-order valence-electron chi connectivity index (χ4n) is 4.33. The number of carbonyl (C=O) groups is 3. The zero-order valence-corrected chi connectivity index (χ0v) is 27.5. The minimum Gasteiger partial charge on any atom is -0.449 e. The van der Waals surface area contributed by atoms with E-state index < -0.39 is 19.1 Å². The van der Waals surface area contributed by atoms with Gasteiger partial charge in [0, 0.05) is 26.1 Å². The summed E-state index contributed by atoms with van der Waals surface area (Å²) in [6.07, 6.45) is 11.8. The molecule has 2 unspecified atom stereocenters. The number of unbranched alkanes of at least 4 members (excludes halogenated alkanes) is 1. The number of methoxy groups -OCH3 is 1. The smallest absolute Gasteiger partial charge is 0.408 e. The molecule has 0 aliphatic heterocycles. The molecule has 3 N–H and O–H groups in total. The maximum atomic E-state index is 13.1. The Morgan fingerprint density at radius 1 is 1.09 bits per heavy atom. The van der Waals surface area contributed by atoms with Crippen LogP contribution < -0.4 is 10.6 Å². The predicted octanol–water partition coefficient (Wildman–Crippen LogP) is 6.16. The maximum Gasteiger partial charge on any atom is 0.408 e. The van der Waals surface area contributed by atoms with Crippen LogP contribution in [0, 0.1) is 5.92 Å². The van der Waals surface area contributed by atoms with Gasteiger partial charge < -0.3 is 29.9 Å². The third-order valence-corrected chi connectivity index (χ3v) is 6.59. The first-order valence-electron chi connectivity index (χ1n) is 15.4. The first-order valence-corrected chi connectivity index (χ1v) is 15.4. The fraction of sp³-hybridized carbons (Fsp3) is 0.559. The Kier molecular flexibility index (Phi) is 28.5. The molecule has 0 spiro atoms. The van der Waals surface area contributed by atoms with Crippen LogP contribution in [0.5, 0.6) is 0 Å². The van der Waals surface area contributed by atoms with Gasteiger partial charge in [0.2, 0.25) is 0 Å². The van der Waals surface area contributed by atoms with E-state index in [1.54, 1.807) is 19.3 Å². The minimum absolute atomic E-state index is 0.00389. The molecule has 8 nitrogen and oxygen atoms in total. The summed E-state index contributed by atoms with van der Waals surface area (Å²) >= 11 is 0. The fourth-order valence-corrected chi connectivity index (χ4v) is 4.33. The van der Waals surface area contributed by atoms with Crippen molar-refractivity contribution >= 4 is 25.6 Å². The van der Waals surface area contributed by atoms with E-state index in [-0.39, 0.29) is 18.3 Å². The lowest BCUT2D eigenvalue weighted by Gasteiger charge is -2.22. The van der Waals surface area contributed by atoms with Gasteiger partial charge in [-0.05, 0) is 62.6 Å². The van der Waals surface area contributed by atoms with E-state index in [0.717, 1.165) is 49.8 Å². The molecule has 0 radical (unpaired) electrons. The summed E-state index contributed by atoms with van der Waals surface area (Å²) < 4.78 is 10.5. The Morgan fingerprint density at radius 2 is 1.77 bits per heavy atom. The lowest BCUT2D eigenvalue weighted by molar-refractivity contribution is -0.121. The predicted molar refractivity (Wildman–Crippen MR) is 179 cm³/mol. The van der Waals surface area contributed by atoms with Crippen molar-refractivity contribution in [2.24, 2.45) is 5.92 Å². The highest BCUT2D eigenvalue weighted by molar-refractivity contribution is 6.50. The van der Waals surface area contributed by atoms with Gasteiger partial charge in [-0.25, -0.2) is 4.79 Å². The SMILES string of the molecule is C=C/C=C(\C=C/C)COC(=O)N[C@H](Cc1ccccc1)C(=O)CCCCC(C)CNC(CCCOC)B(C)O.C=O.CC. The number of ketones is 1. The van der Waals surface area contributed by atoms with Gasteiger partial charge in [-0.1, -0.05) is 95.2 Å². The average molecular weight is 601 g/mol. The zero-order chi connectivity index (χ0) is 32.9. The van der Waals surface area contributed by atoms with Crippen LogP contribution in [0.4, 0.5) is 4.79 Å². The Morgan fingerprint density at radius 3 is 2.35 bits per heavy atom. The summed E-state index contributed by atoms with van der Waals surface area (Å²) in [5.41, 5.74) is 1.79. The highest BCUT2D eigenvalue weighted by atomic mass is 16.5. The lowest BCUT2D eigenvalue weighted by atomic mass is 9.62. The number of Topliss-reactive ketones (excluding diaryl/α,β-unsaturated/α-hetero) is 1. The van der Waals surface area contributed by atoms with Crippen LogP contribution in [0.2, 0.25) is 6.82 Å². The van der Waals surface area contributed by atoms with E-state index in [1.807, 2.05) is 76.9 Å². The van der Waals surface area contributed by atoms with Crippen molar-refractivity contribution in [3.8, 4) is 0 Å². The van der Waals surface area contributed by atoms with Crippen molar-refractivity contribution in [3.63, 3.8) is 0 Å². The van der Waals surface area contributed by atoms with Crippen molar-refractivity contribution in [2.75, 3.05) is 26.9 Å². The van der Waals surface area contributed by atoms with E-state index in [2.05, 4.69) is 24.1 Å². The molecule has 1 amide bonds. The molecule has 0 aromatic heterocycles. The Balaban J connectivity index is 0. The molecule has 0 aliphatic rings. The second-order valence-corrected chi connectivity index (χ2v) is 10.1. The summed E-state index contributed by atoms with van der Waals surface area (Å²) in [7, 11) is 1.69. The van der Waals surface area contributed by atoms with Gasteiger partial charge in [-0.3, -0.25) is 4.79 Å². The van der Waals surface area contributed by atoms with Gasteiger partial charge in [0.05, 0.1) is 6.04 Å². The van der Waals surface area contributed by atoms with E-state index in [1.165, 1.54) is 0 Å². The Bertz CT molecular complexity index is 907. The van der Waals surface area contributed by atoms with Crippen molar-refractivity contribution in [2.45, 2.75) is 91.4 Å². The molecule has 1 rings (SSSR count). The second kappa shape index (κ2) is 29.1. The third kappa shape index (κ3) is 22.2. The van der Waals surface area contributed by atoms with E-state index in [9.17, 15) is 14.6 Å². The number of amides is 1. The minimum atomic E-state index is -0.647. The monoisotopic (exact) mass is 600 g/mol. The van der Waals surface area contributed by atoms with Crippen LogP contribution in [-0.2, 0) is 25.5 Å². The van der Waals surface area contributed by atoms with Gasteiger partial charge in [0.15, 0.2) is 5.78 Å². The van der Waals surface area contributed by atoms with Crippen LogP contribution in [0.15, 0.2) is 66.8 Å². The standard InChI is InChI=1S/C31H49BN2O5.C2H6.CH2O/c1-6-14-27(15-7-2)24-39-31(36)34-28(22-26-17-9-8-10-18-26)29(35)19-12-11-16-25(3)23-33-30(32(4)37)20-13-21-38-5;2*1-2/h6-10,14-15,17-18,25,28,30,33,37H,1,11-13,16,19-24H2,2-5H3,(H,34,36);1-2H3;1H2/b15-7-,27-14+;;/t25?,28-,30?;;/m1../s1. The first kappa shape index (κ1) is 42.1. The number of rotatable bonds is 21. The molecule has 0 saturated heterocycles. The van der Waals surface area contributed by atoms with Crippen molar-refractivity contribution in [3.05, 3.63) is 72.4 Å². The van der Waals surface area contributed by atoms with E-state index in [0.29, 0.717) is 25.4 Å². The van der Waals surface area contributed by atoms with Crippen LogP contribution in [0.25, 0.3) is 0 Å². The number of ether oxygens (including phenoxy) is 2. The van der Waals surface area contributed by atoms with Gasteiger partial charge in [-0.2, -0.15) is 0 Å². The van der Waals surface area contributed by atoms with Crippen LogP contribution in [-0.4, -0.2) is 69.5 Å². The number of nitrogens with one attached hydrogen (secondary N) is 2. The van der Waals surface area contributed by atoms with E-state index in [4.69, 9.17) is 14.3 Å². The molecule has 0 aliphatic carbocycles. The van der Waals surface area contributed by atoms with Gasteiger partial charge >= 0.3 is 13.0 Å². The molecule has 9 heteroatoms. The number of carbonyl (C=O) groups excluding carboxylic acids is 3. The van der Waals surface area contributed by atoms with E-state index >= 15 is 0 Å². The van der Waals surface area contributed by atoms with Crippen LogP contribution >= 0.6 is 0 Å². The topological polar surface area (TPSA) is 114 Å². The van der Waals surface area contributed by atoms with Crippen molar-refractivity contribution in [1.29, 1.82) is 0 Å². The highest BCUT2D eigenvalue weighted by Crippen LogP contribution is 2.13. The molecule has 0 fully saturated rings. The molecular weight excluding hydrogens is 543 g/mol. The van der Waals surface area contributed by atoms with Crippen molar-refractivity contribution in [1.82, 2.24) is 10.6 Å². The van der Waals surface area contributed by atoms with Gasteiger partial charge in [-0.15, -0.1) is 0 Å². The first-order chi connectivity index (χ1) is 20.8. The summed E-state index contributed by atoms with van der Waals surface area (Å²) in [4.78, 5) is 33.7. The van der Waals surface area contributed by atoms with Crippen LogP contribution in [0.3, 0.4) is 0 Å². The molecule has 0 heterocycles. The zero-order valence-electron chi connectivity index (χ0n) is 27.5. The number of allylic oxidation sites excluding steroid dienone is 3. The second-order valence-electron chi connectivity index (χ2n) is 10.1. The number of hydrogen-bond acceptors (Lipinski definition) is 7. The van der Waals surface area contributed by atoms with Gasteiger partial charge in [0.1, 0.15) is 13.4 Å². The molecule has 1 aromatic rings. The summed E-state index contributed by atoms with van der Waals surface area (Å²) in [6, 6.07) is 9.03. The average Bonchev–Trinajstić information content (AvgIpc) is 3.02. The molecule has 3 atom stereocenters. The summed E-state index contributed by atoms with van der Waals surface area (Å²) in [5.74, 6) is 0.478. The maximum absolute atomic E-state index is 13.1. The molecule has 0 bridgehead atoms. The lowest BCUT2D eigenvalue weighted by Crippen LogP contribution is -2.43. The number of alkyl carbamates (subject to hydrolysis) is 1. The highest BCUT2D eigenvalue weighted by Gasteiger charge is 2.22. The summed E-state index contributed by atoms with van der Waals surface area (Å²) in [5, 5.41) is 16.3. The normalized spacial score (nSPS) is 13.0. The largest absolute Gasteiger partial charge is 0.449 e.